The van der Waals surface area contributed by atoms with Gasteiger partial charge in [0.2, 0.25) is 5.91 Å². The number of amides is 1. The second-order valence-corrected chi connectivity index (χ2v) is 8.29. The fourth-order valence-electron chi connectivity index (χ4n) is 4.19. The lowest BCUT2D eigenvalue weighted by atomic mass is 10.1. The highest BCUT2D eigenvalue weighted by atomic mass is 16.5. The molecule has 3 N–H and O–H groups in total. The first-order valence-corrected chi connectivity index (χ1v) is 11.3. The molecule has 172 valence electrons. The lowest BCUT2D eigenvalue weighted by Gasteiger charge is -2.32. The zero-order chi connectivity index (χ0) is 22.1. The average molecular weight is 432 g/mol. The third-order valence-electron chi connectivity index (χ3n) is 6.11. The van der Waals surface area contributed by atoms with E-state index in [-0.39, 0.29) is 5.91 Å². The smallest absolute Gasteiger partial charge is 0.233 e. The van der Waals surface area contributed by atoms with Crippen LogP contribution in [-0.4, -0.2) is 69.8 Å². The highest BCUT2D eigenvalue weighted by Gasteiger charge is 2.22. The van der Waals surface area contributed by atoms with Crippen LogP contribution in [0.2, 0.25) is 0 Å². The minimum atomic E-state index is 0.0685. The largest absolute Gasteiger partial charge is 0.497 e. The predicted molar refractivity (Wildman–Crippen MR) is 123 cm³/mol. The van der Waals surface area contributed by atoms with Gasteiger partial charge >= 0.3 is 0 Å². The van der Waals surface area contributed by atoms with Crippen molar-refractivity contribution in [3.8, 4) is 11.5 Å². The summed E-state index contributed by atoms with van der Waals surface area (Å²) >= 11 is 0. The second kappa shape index (κ2) is 11.8. The summed E-state index contributed by atoms with van der Waals surface area (Å²) in [5, 5.41) is 9.64. The number of carbonyl (C=O) groups excluding carboxylic acids is 1. The van der Waals surface area contributed by atoms with E-state index in [2.05, 4.69) is 31.9 Å². The van der Waals surface area contributed by atoms with E-state index in [4.69, 9.17) is 9.47 Å². The SMILES string of the molecule is CN=C(NCc1ccc(OC)cc1OC1CCCC1)NC1CCN(CC(=O)NC)CC1. The molecular weight excluding hydrogens is 394 g/mol. The fourth-order valence-corrected chi connectivity index (χ4v) is 4.19. The van der Waals surface area contributed by atoms with Crippen molar-refractivity contribution in [3.63, 3.8) is 0 Å². The Labute approximate surface area is 185 Å². The van der Waals surface area contributed by atoms with Crippen molar-refractivity contribution in [2.45, 2.75) is 57.2 Å². The fraction of sp³-hybridized carbons (Fsp3) is 0.652. The Balaban J connectivity index is 1.52. The van der Waals surface area contributed by atoms with Gasteiger partial charge in [-0.15, -0.1) is 0 Å². The molecule has 1 amide bonds. The van der Waals surface area contributed by atoms with Gasteiger partial charge in [-0.25, -0.2) is 0 Å². The standard InChI is InChI=1S/C23H37N5O3/c1-24-22(29)16-28-12-10-18(11-13-28)27-23(25-2)26-15-17-8-9-20(30-3)14-21(17)31-19-6-4-5-7-19/h8-9,14,18-19H,4-7,10-13,15-16H2,1-3H3,(H,24,29)(H2,25,26,27). The number of likely N-dealkylation sites (N-methyl/N-ethyl adjacent to an activating group) is 1. The quantitative estimate of drug-likeness (QED) is 0.430. The molecule has 0 aromatic heterocycles. The molecule has 1 heterocycles. The lowest BCUT2D eigenvalue weighted by molar-refractivity contribution is -0.122. The van der Waals surface area contributed by atoms with Crippen molar-refractivity contribution in [2.24, 2.45) is 4.99 Å². The van der Waals surface area contributed by atoms with Gasteiger partial charge in [0.05, 0.1) is 19.8 Å². The van der Waals surface area contributed by atoms with Crippen LogP contribution < -0.4 is 25.4 Å². The number of carbonyl (C=O) groups is 1. The maximum atomic E-state index is 11.6. The molecule has 31 heavy (non-hydrogen) atoms. The van der Waals surface area contributed by atoms with Gasteiger partial charge in [0.25, 0.3) is 0 Å². The highest BCUT2D eigenvalue weighted by Crippen LogP contribution is 2.30. The van der Waals surface area contributed by atoms with Crippen LogP contribution in [0.5, 0.6) is 11.5 Å². The summed E-state index contributed by atoms with van der Waals surface area (Å²) in [6.07, 6.45) is 6.97. The Hall–Kier alpha value is -2.48. The zero-order valence-corrected chi connectivity index (χ0v) is 19.1. The first kappa shape index (κ1) is 23.2. The number of ether oxygens (including phenoxy) is 2. The van der Waals surface area contributed by atoms with E-state index in [9.17, 15) is 4.79 Å². The molecule has 0 bridgehead atoms. The molecule has 1 aromatic rings. The van der Waals surface area contributed by atoms with Gasteiger partial charge in [-0.3, -0.25) is 14.7 Å². The molecule has 8 nitrogen and oxygen atoms in total. The Kier molecular flexibility index (Phi) is 8.82. The molecule has 1 aliphatic heterocycles. The van der Waals surface area contributed by atoms with Crippen LogP contribution in [0.15, 0.2) is 23.2 Å². The Morgan fingerprint density at radius 1 is 1.19 bits per heavy atom. The van der Waals surface area contributed by atoms with Gasteiger partial charge < -0.3 is 25.4 Å². The van der Waals surface area contributed by atoms with Crippen LogP contribution in [0.3, 0.4) is 0 Å². The molecule has 0 atom stereocenters. The van der Waals surface area contributed by atoms with Crippen molar-refractivity contribution in [3.05, 3.63) is 23.8 Å². The van der Waals surface area contributed by atoms with Crippen LogP contribution in [0.4, 0.5) is 0 Å². The number of methoxy groups -OCH3 is 1. The highest BCUT2D eigenvalue weighted by molar-refractivity contribution is 5.80. The number of hydrogen-bond acceptors (Lipinski definition) is 5. The summed E-state index contributed by atoms with van der Waals surface area (Å²) in [4.78, 5) is 18.2. The Morgan fingerprint density at radius 2 is 1.94 bits per heavy atom. The topological polar surface area (TPSA) is 87.2 Å². The minimum Gasteiger partial charge on any atom is -0.497 e. The summed E-state index contributed by atoms with van der Waals surface area (Å²) in [5.74, 6) is 2.55. The number of benzene rings is 1. The summed E-state index contributed by atoms with van der Waals surface area (Å²) < 4.78 is 11.7. The molecule has 0 radical (unpaired) electrons. The van der Waals surface area contributed by atoms with Crippen molar-refractivity contribution >= 4 is 11.9 Å². The summed E-state index contributed by atoms with van der Waals surface area (Å²) in [5.41, 5.74) is 1.09. The van der Waals surface area contributed by atoms with Crippen LogP contribution in [0.25, 0.3) is 0 Å². The zero-order valence-electron chi connectivity index (χ0n) is 19.1. The molecule has 0 spiro atoms. The summed E-state index contributed by atoms with van der Waals surface area (Å²) in [6, 6.07) is 6.35. The lowest BCUT2D eigenvalue weighted by Crippen LogP contribution is -2.49. The minimum absolute atomic E-state index is 0.0685. The van der Waals surface area contributed by atoms with Crippen LogP contribution >= 0.6 is 0 Å². The van der Waals surface area contributed by atoms with E-state index in [1.54, 1.807) is 21.2 Å². The van der Waals surface area contributed by atoms with Crippen molar-refractivity contribution in [1.82, 2.24) is 20.9 Å². The number of nitrogens with one attached hydrogen (secondary N) is 3. The molecular formula is C23H37N5O3. The molecule has 8 heteroatoms. The molecule has 2 fully saturated rings. The third kappa shape index (κ3) is 7.02. The van der Waals surface area contributed by atoms with Crippen LogP contribution in [0.1, 0.15) is 44.1 Å². The molecule has 2 aliphatic rings. The van der Waals surface area contributed by atoms with Gasteiger partial charge in [0, 0.05) is 51.4 Å². The average Bonchev–Trinajstić information content (AvgIpc) is 3.31. The van der Waals surface area contributed by atoms with E-state index in [0.29, 0.717) is 25.2 Å². The van der Waals surface area contributed by atoms with Gasteiger partial charge in [0.15, 0.2) is 5.96 Å². The molecule has 1 saturated heterocycles. The van der Waals surface area contributed by atoms with E-state index < -0.39 is 0 Å². The van der Waals surface area contributed by atoms with Gasteiger partial charge in [0.1, 0.15) is 11.5 Å². The third-order valence-corrected chi connectivity index (χ3v) is 6.11. The summed E-state index contributed by atoms with van der Waals surface area (Å²) in [6.45, 7) is 2.90. The number of piperidine rings is 1. The van der Waals surface area contributed by atoms with E-state index in [1.165, 1.54) is 12.8 Å². The Morgan fingerprint density at radius 3 is 2.58 bits per heavy atom. The van der Waals surface area contributed by atoms with Crippen LogP contribution in [-0.2, 0) is 11.3 Å². The van der Waals surface area contributed by atoms with Crippen molar-refractivity contribution in [2.75, 3.05) is 40.8 Å². The maximum Gasteiger partial charge on any atom is 0.233 e. The second-order valence-electron chi connectivity index (χ2n) is 8.29. The van der Waals surface area contributed by atoms with E-state index in [0.717, 1.165) is 61.8 Å². The van der Waals surface area contributed by atoms with E-state index in [1.807, 2.05) is 12.1 Å². The van der Waals surface area contributed by atoms with Crippen molar-refractivity contribution < 1.29 is 14.3 Å². The number of likely N-dealkylation sites (tertiary alicyclic amines) is 1. The number of aliphatic imine (C=N–C) groups is 1. The summed E-state index contributed by atoms with van der Waals surface area (Å²) in [7, 11) is 5.15. The maximum absolute atomic E-state index is 11.6. The van der Waals surface area contributed by atoms with Crippen molar-refractivity contribution in [1.29, 1.82) is 0 Å². The molecule has 0 unspecified atom stereocenters. The number of nitrogens with zero attached hydrogens (tertiary/aromatic N) is 2. The van der Waals surface area contributed by atoms with E-state index >= 15 is 0 Å². The molecule has 3 rings (SSSR count). The number of guanidine groups is 1. The molecule has 1 aromatic carbocycles. The molecule has 1 aliphatic carbocycles. The van der Waals surface area contributed by atoms with Crippen LogP contribution in [0, 0.1) is 0 Å². The first-order valence-electron chi connectivity index (χ1n) is 11.3. The molecule has 1 saturated carbocycles. The Bertz CT molecular complexity index is 741. The normalized spacial score (nSPS) is 18.6. The first-order chi connectivity index (χ1) is 15.1. The number of hydrogen-bond donors (Lipinski definition) is 3. The van der Waals surface area contributed by atoms with Gasteiger partial charge in [-0.1, -0.05) is 0 Å². The van der Waals surface area contributed by atoms with Gasteiger partial charge in [-0.2, -0.15) is 0 Å². The predicted octanol–water partition coefficient (Wildman–Crippen LogP) is 1.89. The van der Waals surface area contributed by atoms with Gasteiger partial charge in [-0.05, 0) is 50.7 Å². The monoisotopic (exact) mass is 431 g/mol. The number of rotatable bonds is 8.